The molecular weight excluding hydrogens is 412 g/mol. The normalized spacial score (nSPS) is 17.8. The van der Waals surface area contributed by atoms with E-state index in [1.165, 1.54) is 23.7 Å². The van der Waals surface area contributed by atoms with E-state index in [4.69, 9.17) is 0 Å². The Hall–Kier alpha value is -2.12. The minimum absolute atomic E-state index is 0.188. The van der Waals surface area contributed by atoms with Crippen LogP contribution >= 0.6 is 23.1 Å². The monoisotopic (exact) mass is 440 g/mol. The second-order valence-corrected chi connectivity index (χ2v) is 9.96. The predicted octanol–water partition coefficient (Wildman–Crippen LogP) is 5.33. The second-order valence-electron chi connectivity index (χ2n) is 7.70. The summed E-state index contributed by atoms with van der Waals surface area (Å²) in [4.78, 5) is 16.4. The number of amides is 1. The molecule has 158 valence electrons. The highest BCUT2D eigenvalue weighted by Gasteiger charge is 2.30. The number of rotatable bonds is 7. The molecule has 0 saturated carbocycles. The molecule has 4 rings (SSSR count). The maximum Gasteiger partial charge on any atom is 0.236 e. The smallest absolute Gasteiger partial charge is 0.236 e. The summed E-state index contributed by atoms with van der Waals surface area (Å²) in [7, 11) is 0. The van der Waals surface area contributed by atoms with Crippen LogP contribution < -0.4 is 0 Å². The Balaban J connectivity index is 1.58. The summed E-state index contributed by atoms with van der Waals surface area (Å²) in [5.41, 5.74) is 1.19. The van der Waals surface area contributed by atoms with Crippen molar-refractivity contribution in [2.24, 2.45) is 0 Å². The van der Waals surface area contributed by atoms with Crippen LogP contribution in [0.1, 0.15) is 45.1 Å². The third kappa shape index (κ3) is 4.62. The molecule has 3 aromatic rings. The van der Waals surface area contributed by atoms with Crippen molar-refractivity contribution in [3.63, 3.8) is 0 Å². The van der Waals surface area contributed by atoms with Crippen molar-refractivity contribution in [3.8, 4) is 10.7 Å². The Bertz CT molecular complexity index is 955. The van der Waals surface area contributed by atoms with Gasteiger partial charge in [0.25, 0.3) is 0 Å². The van der Waals surface area contributed by atoms with Gasteiger partial charge in [0.1, 0.15) is 0 Å². The van der Waals surface area contributed by atoms with Crippen molar-refractivity contribution in [2.45, 2.75) is 62.5 Å². The van der Waals surface area contributed by atoms with Crippen LogP contribution in [0.5, 0.6) is 0 Å². The van der Waals surface area contributed by atoms with E-state index in [1.807, 2.05) is 31.2 Å². The number of carbonyl (C=O) groups is 1. The lowest BCUT2D eigenvalue weighted by atomic mass is 10.00. The minimum atomic E-state index is -0.188. The molecule has 2 atom stereocenters. The molecule has 0 spiro atoms. The van der Waals surface area contributed by atoms with Gasteiger partial charge in [-0.05, 0) is 49.6 Å². The molecule has 1 amide bonds. The number of likely N-dealkylation sites (tertiary alicyclic amines) is 1. The molecule has 7 heteroatoms. The summed E-state index contributed by atoms with van der Waals surface area (Å²) >= 11 is 3.18. The summed E-state index contributed by atoms with van der Waals surface area (Å²) in [6.07, 6.45) is 4.47. The van der Waals surface area contributed by atoms with E-state index in [1.54, 1.807) is 11.3 Å². The fraction of sp³-hybridized carbons (Fsp3) is 0.435. The number of thiophene rings is 1. The molecule has 0 aliphatic carbocycles. The van der Waals surface area contributed by atoms with Crippen LogP contribution in [0.2, 0.25) is 0 Å². The van der Waals surface area contributed by atoms with Crippen molar-refractivity contribution in [3.05, 3.63) is 53.4 Å². The van der Waals surface area contributed by atoms with Crippen LogP contribution in [-0.2, 0) is 11.3 Å². The zero-order valence-electron chi connectivity index (χ0n) is 17.5. The molecule has 2 unspecified atom stereocenters. The fourth-order valence-electron chi connectivity index (χ4n) is 4.03. The van der Waals surface area contributed by atoms with Gasteiger partial charge in [-0.2, -0.15) is 0 Å². The summed E-state index contributed by atoms with van der Waals surface area (Å²) in [5, 5.41) is 11.6. The first-order valence-corrected chi connectivity index (χ1v) is 12.4. The standard InChI is InChI=1S/C23H28N4OS2/c1-3-19-12-7-8-14-26(19)22(28)17(2)30-23-25-24-21(20-13-9-15-29-20)27(23)16-18-10-5-4-6-11-18/h4-6,9-11,13,15,17,19H,3,7-8,12,14,16H2,1-2H3. The molecule has 5 nitrogen and oxygen atoms in total. The molecule has 2 aromatic heterocycles. The fourth-order valence-corrected chi connectivity index (χ4v) is 5.67. The maximum atomic E-state index is 13.2. The first-order valence-electron chi connectivity index (χ1n) is 10.7. The van der Waals surface area contributed by atoms with Crippen LogP contribution in [0, 0.1) is 0 Å². The molecule has 1 aliphatic rings. The molecule has 1 saturated heterocycles. The van der Waals surface area contributed by atoms with Gasteiger partial charge in [0.2, 0.25) is 5.91 Å². The molecule has 30 heavy (non-hydrogen) atoms. The van der Waals surface area contributed by atoms with Gasteiger partial charge in [-0.3, -0.25) is 9.36 Å². The Labute approximate surface area is 186 Å². The van der Waals surface area contributed by atoms with Gasteiger partial charge in [0, 0.05) is 12.6 Å². The molecule has 3 heterocycles. The zero-order chi connectivity index (χ0) is 20.9. The summed E-state index contributed by atoms with van der Waals surface area (Å²) in [6.45, 7) is 5.74. The van der Waals surface area contributed by atoms with E-state index >= 15 is 0 Å². The SMILES string of the molecule is CCC1CCCCN1C(=O)C(C)Sc1nnc(-c2cccs2)n1Cc1ccccc1. The number of hydrogen-bond donors (Lipinski definition) is 0. The third-order valence-electron chi connectivity index (χ3n) is 5.65. The minimum Gasteiger partial charge on any atom is -0.339 e. The molecule has 0 radical (unpaired) electrons. The average molecular weight is 441 g/mol. The number of thioether (sulfide) groups is 1. The number of aromatic nitrogens is 3. The molecule has 0 bridgehead atoms. The van der Waals surface area contributed by atoms with Gasteiger partial charge in [0.15, 0.2) is 11.0 Å². The van der Waals surface area contributed by atoms with Gasteiger partial charge in [-0.25, -0.2) is 0 Å². The largest absolute Gasteiger partial charge is 0.339 e. The van der Waals surface area contributed by atoms with E-state index in [0.717, 1.165) is 41.7 Å². The first kappa shape index (κ1) is 21.1. The second kappa shape index (κ2) is 9.79. The van der Waals surface area contributed by atoms with Crippen molar-refractivity contribution in [1.82, 2.24) is 19.7 Å². The van der Waals surface area contributed by atoms with Crippen LogP contribution in [0.15, 0.2) is 53.0 Å². The molecular formula is C23H28N4OS2. The van der Waals surface area contributed by atoms with Crippen molar-refractivity contribution >= 4 is 29.0 Å². The molecule has 1 fully saturated rings. The Morgan fingerprint density at radius 1 is 1.20 bits per heavy atom. The van der Waals surface area contributed by atoms with Crippen LogP contribution in [-0.4, -0.2) is 43.4 Å². The van der Waals surface area contributed by atoms with Crippen molar-refractivity contribution < 1.29 is 4.79 Å². The van der Waals surface area contributed by atoms with Gasteiger partial charge in [-0.15, -0.1) is 21.5 Å². The summed E-state index contributed by atoms with van der Waals surface area (Å²) in [5.74, 6) is 1.08. The van der Waals surface area contributed by atoms with Gasteiger partial charge in [-0.1, -0.05) is 55.1 Å². The van der Waals surface area contributed by atoms with Crippen LogP contribution in [0.3, 0.4) is 0 Å². The lowest BCUT2D eigenvalue weighted by molar-refractivity contribution is -0.134. The Morgan fingerprint density at radius 3 is 2.77 bits per heavy atom. The van der Waals surface area contributed by atoms with Crippen LogP contribution in [0.25, 0.3) is 10.7 Å². The summed E-state index contributed by atoms with van der Waals surface area (Å²) in [6, 6.07) is 14.8. The van der Waals surface area contributed by atoms with E-state index in [0.29, 0.717) is 12.6 Å². The number of carbonyl (C=O) groups excluding carboxylic acids is 1. The van der Waals surface area contributed by atoms with E-state index < -0.39 is 0 Å². The molecule has 0 N–H and O–H groups in total. The molecule has 1 aliphatic heterocycles. The third-order valence-corrected chi connectivity index (χ3v) is 7.59. The van der Waals surface area contributed by atoms with Crippen molar-refractivity contribution in [2.75, 3.05) is 6.54 Å². The van der Waals surface area contributed by atoms with Gasteiger partial charge in [0.05, 0.1) is 16.7 Å². The summed E-state index contributed by atoms with van der Waals surface area (Å²) < 4.78 is 2.14. The Morgan fingerprint density at radius 2 is 2.03 bits per heavy atom. The number of benzene rings is 1. The van der Waals surface area contributed by atoms with E-state index in [-0.39, 0.29) is 11.2 Å². The Kier molecular flexibility index (Phi) is 6.89. The van der Waals surface area contributed by atoms with Gasteiger partial charge >= 0.3 is 0 Å². The predicted molar refractivity (Wildman–Crippen MR) is 124 cm³/mol. The maximum absolute atomic E-state index is 13.2. The van der Waals surface area contributed by atoms with Crippen molar-refractivity contribution in [1.29, 1.82) is 0 Å². The number of piperidine rings is 1. The highest BCUT2D eigenvalue weighted by molar-refractivity contribution is 8.00. The lowest BCUT2D eigenvalue weighted by Crippen LogP contribution is -2.46. The highest BCUT2D eigenvalue weighted by Crippen LogP contribution is 2.31. The highest BCUT2D eigenvalue weighted by atomic mass is 32.2. The topological polar surface area (TPSA) is 51.0 Å². The number of nitrogens with zero attached hydrogens (tertiary/aromatic N) is 4. The van der Waals surface area contributed by atoms with Crippen LogP contribution in [0.4, 0.5) is 0 Å². The zero-order valence-corrected chi connectivity index (χ0v) is 19.2. The number of hydrogen-bond acceptors (Lipinski definition) is 5. The van der Waals surface area contributed by atoms with E-state index in [2.05, 4.69) is 50.2 Å². The van der Waals surface area contributed by atoms with Gasteiger partial charge < -0.3 is 4.90 Å². The quantitative estimate of drug-likeness (QED) is 0.466. The lowest BCUT2D eigenvalue weighted by Gasteiger charge is -2.36. The first-order chi connectivity index (χ1) is 14.7. The average Bonchev–Trinajstić information content (AvgIpc) is 3.44. The van der Waals surface area contributed by atoms with E-state index in [9.17, 15) is 4.79 Å². The molecule has 1 aromatic carbocycles.